The van der Waals surface area contributed by atoms with Crippen LogP contribution in [0, 0.1) is 25.7 Å². The lowest BCUT2D eigenvalue weighted by Crippen LogP contribution is -2.43. The maximum absolute atomic E-state index is 13.9. The Bertz CT molecular complexity index is 2450. The molecule has 2 aromatic heterocycles. The van der Waals surface area contributed by atoms with Crippen LogP contribution in [0.5, 0.6) is 0 Å². The Balaban J connectivity index is 0.931. The highest BCUT2D eigenvalue weighted by Crippen LogP contribution is 2.41. The molecule has 1 aliphatic carbocycles. The van der Waals surface area contributed by atoms with Crippen molar-refractivity contribution in [3.63, 3.8) is 0 Å². The number of rotatable bonds is 22. The second kappa shape index (κ2) is 20.4. The number of benzene rings is 1. The second-order valence-electron chi connectivity index (χ2n) is 17.8. The van der Waals surface area contributed by atoms with Gasteiger partial charge in [-0.1, -0.05) is 27.2 Å². The Morgan fingerprint density at radius 1 is 0.859 bits per heavy atom. The first-order valence-electron chi connectivity index (χ1n) is 22.6. The van der Waals surface area contributed by atoms with Crippen molar-refractivity contribution in [2.24, 2.45) is 11.8 Å². The van der Waals surface area contributed by atoms with Crippen LogP contribution in [0.1, 0.15) is 125 Å². The Labute approximate surface area is 373 Å². The zero-order valence-corrected chi connectivity index (χ0v) is 37.9. The highest BCUT2D eigenvalue weighted by Gasteiger charge is 2.43. The number of aryl methyl sites for hydroxylation is 3. The molecule has 3 aliphatic rings. The van der Waals surface area contributed by atoms with Crippen molar-refractivity contribution in [1.29, 1.82) is 0 Å². The molecule has 0 saturated heterocycles. The number of nitrogens with zero attached hydrogens (tertiary/aromatic N) is 3. The quantitative estimate of drug-likeness (QED) is 0.0557. The molecule has 6 rings (SSSR count). The molecule has 3 N–H and O–H groups in total. The van der Waals surface area contributed by atoms with Crippen molar-refractivity contribution < 1.29 is 43.4 Å². The van der Waals surface area contributed by atoms with Gasteiger partial charge in [-0.3, -0.25) is 43.3 Å². The summed E-state index contributed by atoms with van der Waals surface area (Å²) in [7, 11) is 0. The van der Waals surface area contributed by atoms with E-state index in [2.05, 4.69) is 29.7 Å². The second-order valence-corrected chi connectivity index (χ2v) is 17.8. The zero-order chi connectivity index (χ0) is 46.5. The number of hydrogen-bond donors (Lipinski definition) is 3. The van der Waals surface area contributed by atoms with Gasteiger partial charge >= 0.3 is 0 Å². The molecule has 2 aliphatic heterocycles. The number of hydrogen-bond acceptors (Lipinski definition) is 11. The molecule has 3 aromatic rings. The van der Waals surface area contributed by atoms with Gasteiger partial charge in [-0.05, 0) is 101 Å². The Morgan fingerprint density at radius 3 is 2.28 bits per heavy atom. The summed E-state index contributed by atoms with van der Waals surface area (Å²) in [4.78, 5) is 107. The van der Waals surface area contributed by atoms with Crippen LogP contribution >= 0.6 is 0 Å². The summed E-state index contributed by atoms with van der Waals surface area (Å²) in [5.74, 6) is -3.42. The topological polar surface area (TPSA) is 211 Å². The smallest absolute Gasteiger partial charge is 0.254 e. The highest BCUT2D eigenvalue weighted by molar-refractivity contribution is 6.12. The lowest BCUT2D eigenvalue weighted by Gasteiger charge is -2.32. The number of ketones is 3. The number of pyridine rings is 2. The first-order valence-corrected chi connectivity index (χ1v) is 22.6. The van der Waals surface area contributed by atoms with E-state index >= 15 is 0 Å². The molecule has 0 bridgehead atoms. The van der Waals surface area contributed by atoms with Gasteiger partial charge in [-0.25, -0.2) is 4.98 Å². The van der Waals surface area contributed by atoms with Crippen molar-refractivity contribution in [3.05, 3.63) is 74.1 Å². The Kier molecular flexibility index (Phi) is 15.3. The van der Waals surface area contributed by atoms with Gasteiger partial charge in [0.15, 0.2) is 11.6 Å². The van der Waals surface area contributed by atoms with E-state index in [1.165, 1.54) is 17.1 Å². The number of carbonyl (C=O) groups is 7. The number of Topliss-reactive ketones (excluding diaryl/α,β-unsaturated/α-hetero) is 3. The molecule has 0 spiro atoms. The van der Waals surface area contributed by atoms with Crippen LogP contribution in [0.25, 0.3) is 22.3 Å². The van der Waals surface area contributed by atoms with Gasteiger partial charge in [0, 0.05) is 84.9 Å². The van der Waals surface area contributed by atoms with E-state index in [0.717, 1.165) is 39.6 Å². The third-order valence-electron chi connectivity index (χ3n) is 13.1. The molecule has 0 radical (unpaired) electrons. The van der Waals surface area contributed by atoms with Crippen LogP contribution < -0.4 is 16.2 Å². The minimum absolute atomic E-state index is 0.0237. The Hall–Kier alpha value is -5.67. The molecule has 4 atom stereocenters. The number of aromatic nitrogens is 2. The van der Waals surface area contributed by atoms with Crippen molar-refractivity contribution >= 4 is 51.9 Å². The van der Waals surface area contributed by atoms with Crippen LogP contribution in [-0.2, 0) is 63.3 Å². The number of unbranched alkanes of at least 4 members (excludes halogenated alkanes) is 3. The van der Waals surface area contributed by atoms with Gasteiger partial charge in [-0.2, -0.15) is 0 Å². The summed E-state index contributed by atoms with van der Waals surface area (Å²) in [6.07, 6.45) is 7.24. The number of amides is 4. The standard InChI is InChI=1S/C49H61N5O10/c1-7-49(63)38-25-40-45-37(26-54(40)48(62)35(38)15-16-42(49)57)34(36-22-28(2)29(3)23-39(36)52-45)14-10-12-20-64-27-50-46(60)31(5)24-41(56)32(6)51-47(61)30(4)21-33(55)13-9-8-11-19-53-43(58)17-18-44(53)59/h17-18,22-23,25,30-32,63H,7-16,19-21,24,26-27H2,1-6H3,(H,50,60)(H,51,61)/t30-,31-,32+,49+/m1/s1. The van der Waals surface area contributed by atoms with E-state index in [4.69, 9.17) is 9.72 Å². The summed E-state index contributed by atoms with van der Waals surface area (Å²) in [6.45, 7) is 11.7. The maximum Gasteiger partial charge on any atom is 0.254 e. The number of imide groups is 1. The molecule has 0 saturated carbocycles. The third kappa shape index (κ3) is 10.3. The number of aliphatic hydroxyl groups is 1. The summed E-state index contributed by atoms with van der Waals surface area (Å²) in [5.41, 5.74) is 5.41. The first-order chi connectivity index (χ1) is 30.4. The number of fused-ring (bicyclic) bond motifs is 5. The number of carbonyl (C=O) groups excluding carboxylic acids is 7. The van der Waals surface area contributed by atoms with Crippen molar-refractivity contribution in [2.45, 2.75) is 137 Å². The first kappa shape index (κ1) is 47.8. The highest BCUT2D eigenvalue weighted by atomic mass is 16.5. The molecular weight excluding hydrogens is 819 g/mol. The van der Waals surface area contributed by atoms with E-state index < -0.39 is 29.4 Å². The Morgan fingerprint density at radius 2 is 1.56 bits per heavy atom. The molecule has 342 valence electrons. The molecule has 1 aromatic carbocycles. The molecule has 4 heterocycles. The largest absolute Gasteiger partial charge is 0.377 e. The maximum atomic E-state index is 13.9. The van der Waals surface area contributed by atoms with E-state index in [1.807, 2.05) is 6.92 Å². The van der Waals surface area contributed by atoms with Gasteiger partial charge < -0.3 is 25.0 Å². The fourth-order valence-corrected chi connectivity index (χ4v) is 8.93. The average molecular weight is 880 g/mol. The SMILES string of the molecule is CC[C@@]1(O)C(=O)CCc2c1cc1n(c2=O)Cc2c-1nc1cc(C)c(C)cc1c2CCCCOCNC(=O)[C@H](C)CC(=O)[C@H](C)NC(=O)[C@H](C)CC(=O)CCCCCN1C(=O)C=CC1=O. The van der Waals surface area contributed by atoms with Crippen molar-refractivity contribution in [2.75, 3.05) is 19.9 Å². The summed E-state index contributed by atoms with van der Waals surface area (Å²) < 4.78 is 7.49. The van der Waals surface area contributed by atoms with E-state index in [0.29, 0.717) is 80.7 Å². The summed E-state index contributed by atoms with van der Waals surface area (Å²) >= 11 is 0. The lowest BCUT2D eigenvalue weighted by atomic mass is 9.77. The van der Waals surface area contributed by atoms with Gasteiger partial charge in [-0.15, -0.1) is 0 Å². The van der Waals surface area contributed by atoms with Gasteiger partial charge in [0.2, 0.25) is 11.8 Å². The molecular formula is C49H61N5O10. The van der Waals surface area contributed by atoms with Crippen LogP contribution in [0.4, 0.5) is 0 Å². The molecule has 64 heavy (non-hydrogen) atoms. The van der Waals surface area contributed by atoms with Crippen molar-refractivity contribution in [3.8, 4) is 11.4 Å². The van der Waals surface area contributed by atoms with Gasteiger partial charge in [0.25, 0.3) is 17.4 Å². The van der Waals surface area contributed by atoms with E-state index in [9.17, 15) is 43.5 Å². The van der Waals surface area contributed by atoms with Crippen molar-refractivity contribution in [1.82, 2.24) is 25.1 Å². The van der Waals surface area contributed by atoms with Gasteiger partial charge in [0.1, 0.15) is 18.1 Å². The van der Waals surface area contributed by atoms with Crippen LogP contribution in [0.3, 0.4) is 0 Å². The fourth-order valence-electron chi connectivity index (χ4n) is 8.93. The summed E-state index contributed by atoms with van der Waals surface area (Å²) in [6, 6.07) is 5.16. The predicted octanol–water partition coefficient (Wildman–Crippen LogP) is 4.75. The minimum atomic E-state index is -1.69. The van der Waals surface area contributed by atoms with E-state index in [-0.39, 0.29) is 79.5 Å². The van der Waals surface area contributed by atoms with Gasteiger partial charge in [0.05, 0.1) is 29.5 Å². The van der Waals surface area contributed by atoms with E-state index in [1.54, 1.807) is 38.3 Å². The molecule has 15 heteroatoms. The molecule has 0 unspecified atom stereocenters. The lowest BCUT2D eigenvalue weighted by molar-refractivity contribution is -0.140. The molecule has 15 nitrogen and oxygen atoms in total. The number of ether oxygens (including phenoxy) is 1. The van der Waals surface area contributed by atoms with Crippen LogP contribution in [0.15, 0.2) is 35.1 Å². The fraction of sp³-hybridized carbons (Fsp3) is 0.531. The molecule has 4 amide bonds. The third-order valence-corrected chi connectivity index (χ3v) is 13.1. The van der Waals surface area contributed by atoms with Crippen LogP contribution in [0.2, 0.25) is 0 Å². The zero-order valence-electron chi connectivity index (χ0n) is 37.9. The van der Waals surface area contributed by atoms with Crippen LogP contribution in [-0.4, -0.2) is 86.5 Å². The normalized spacial score (nSPS) is 17.9. The monoisotopic (exact) mass is 879 g/mol. The predicted molar refractivity (Wildman–Crippen MR) is 239 cm³/mol. The molecule has 0 fully saturated rings. The summed E-state index contributed by atoms with van der Waals surface area (Å²) in [5, 5.41) is 17.8. The minimum Gasteiger partial charge on any atom is -0.377 e. The number of nitrogens with one attached hydrogen (secondary N) is 2. The average Bonchev–Trinajstić information content (AvgIpc) is 3.79.